The summed E-state index contributed by atoms with van der Waals surface area (Å²) in [6.07, 6.45) is 1.68. The van der Waals surface area contributed by atoms with Crippen molar-refractivity contribution >= 4 is 23.1 Å². The van der Waals surface area contributed by atoms with Crippen LogP contribution in [-0.4, -0.2) is 30.4 Å². The second kappa shape index (κ2) is 9.82. The van der Waals surface area contributed by atoms with Crippen molar-refractivity contribution < 1.29 is 14.2 Å². The predicted octanol–water partition coefficient (Wildman–Crippen LogP) is 3.94. The van der Waals surface area contributed by atoms with Crippen LogP contribution < -0.4 is 24.8 Å². The molecule has 0 radical (unpaired) electrons. The topological polar surface area (TPSA) is 64.6 Å². The van der Waals surface area contributed by atoms with Gasteiger partial charge in [0.15, 0.2) is 28.2 Å². The quantitative estimate of drug-likeness (QED) is 0.678. The van der Waals surface area contributed by atoms with Gasteiger partial charge in [0.2, 0.25) is 0 Å². The highest BCUT2D eigenvalue weighted by molar-refractivity contribution is 7.80. The summed E-state index contributed by atoms with van der Waals surface area (Å²) < 4.78 is 16.6. The minimum atomic E-state index is -0.0282. The van der Waals surface area contributed by atoms with Crippen LogP contribution in [0.3, 0.4) is 0 Å². The van der Waals surface area contributed by atoms with Gasteiger partial charge in [0.1, 0.15) is 0 Å². The summed E-state index contributed by atoms with van der Waals surface area (Å²) in [6.45, 7) is 7.08. The number of ether oxygens (including phenoxy) is 3. The minimum Gasteiger partial charge on any atom is -0.493 e. The van der Waals surface area contributed by atoms with Gasteiger partial charge in [-0.1, -0.05) is 6.07 Å². The maximum atomic E-state index is 5.68. The number of methoxy groups -OCH3 is 1. The van der Waals surface area contributed by atoms with Crippen LogP contribution in [0.5, 0.6) is 17.2 Å². The summed E-state index contributed by atoms with van der Waals surface area (Å²) in [5.74, 6) is 2.67. The van der Waals surface area contributed by atoms with Crippen molar-refractivity contribution in [3.8, 4) is 17.2 Å². The number of nitrogens with one attached hydrogen (secondary N) is 2. The summed E-state index contributed by atoms with van der Waals surface area (Å²) in [7, 11) is 1.59. The molecule has 0 bridgehead atoms. The molecule has 0 unspecified atom stereocenters. The minimum absolute atomic E-state index is 0.0282. The number of pyridine rings is 1. The van der Waals surface area contributed by atoms with E-state index in [1.807, 2.05) is 45.0 Å². The molecule has 6 nitrogen and oxygen atoms in total. The molecule has 0 aliphatic carbocycles. The highest BCUT2D eigenvalue weighted by atomic mass is 32.1. The van der Waals surface area contributed by atoms with E-state index in [0.29, 0.717) is 29.9 Å². The third-order valence-electron chi connectivity index (χ3n) is 3.64. The molecule has 2 N–H and O–H groups in total. The molecule has 1 atom stereocenters. The molecule has 2 aromatic rings. The molecule has 0 fully saturated rings. The van der Waals surface area contributed by atoms with Crippen LogP contribution in [0.2, 0.25) is 0 Å². The molecule has 0 saturated carbocycles. The van der Waals surface area contributed by atoms with Gasteiger partial charge in [-0.05, 0) is 62.8 Å². The molecule has 0 amide bonds. The number of nitrogens with zero attached hydrogens (tertiary/aromatic N) is 1. The number of anilines is 1. The van der Waals surface area contributed by atoms with Gasteiger partial charge in [0.05, 0.1) is 26.4 Å². The average Bonchev–Trinajstić information content (AvgIpc) is 2.63. The van der Waals surface area contributed by atoms with Gasteiger partial charge in [-0.2, -0.15) is 0 Å². The molecule has 0 aliphatic heterocycles. The molecule has 7 heteroatoms. The van der Waals surface area contributed by atoms with Crippen LogP contribution in [0.15, 0.2) is 36.5 Å². The van der Waals surface area contributed by atoms with Crippen molar-refractivity contribution in [2.45, 2.75) is 26.8 Å². The van der Waals surface area contributed by atoms with E-state index in [4.69, 9.17) is 26.4 Å². The van der Waals surface area contributed by atoms with E-state index in [1.54, 1.807) is 19.4 Å². The van der Waals surface area contributed by atoms with Crippen LogP contribution in [0, 0.1) is 0 Å². The first-order chi connectivity index (χ1) is 12.6. The van der Waals surface area contributed by atoms with Crippen LogP contribution in [0.1, 0.15) is 32.4 Å². The number of aromatic nitrogens is 1. The van der Waals surface area contributed by atoms with E-state index >= 15 is 0 Å². The first kappa shape index (κ1) is 19.8. The van der Waals surface area contributed by atoms with Crippen LogP contribution >= 0.6 is 12.2 Å². The fraction of sp³-hybridized carbons (Fsp3) is 0.368. The van der Waals surface area contributed by atoms with Gasteiger partial charge in [0.25, 0.3) is 0 Å². The van der Waals surface area contributed by atoms with E-state index in [0.717, 1.165) is 17.1 Å². The molecule has 140 valence electrons. The molecular weight excluding hydrogens is 350 g/mol. The SMILES string of the molecule is CCOc1ccc([C@H](C)NC(=S)Nc2ncccc2OC)cc1OCC. The fourth-order valence-corrected chi connectivity index (χ4v) is 2.68. The smallest absolute Gasteiger partial charge is 0.174 e. The Morgan fingerprint density at radius 3 is 2.54 bits per heavy atom. The second-order valence-corrected chi connectivity index (χ2v) is 5.85. The Kier molecular flexibility index (Phi) is 7.47. The van der Waals surface area contributed by atoms with Crippen molar-refractivity contribution in [3.63, 3.8) is 0 Å². The summed E-state index contributed by atoms with van der Waals surface area (Å²) in [5.41, 5.74) is 1.04. The summed E-state index contributed by atoms with van der Waals surface area (Å²) in [5, 5.41) is 6.77. The average molecular weight is 375 g/mol. The maximum absolute atomic E-state index is 5.68. The Balaban J connectivity index is 2.07. The molecule has 0 aliphatic rings. The summed E-state index contributed by atoms with van der Waals surface area (Å²) in [6, 6.07) is 9.48. The lowest BCUT2D eigenvalue weighted by atomic mass is 10.1. The fourth-order valence-electron chi connectivity index (χ4n) is 2.41. The molecule has 0 spiro atoms. The Hall–Kier alpha value is -2.54. The summed E-state index contributed by atoms with van der Waals surface area (Å²) >= 11 is 5.40. The van der Waals surface area contributed by atoms with E-state index in [-0.39, 0.29) is 6.04 Å². The number of benzene rings is 1. The van der Waals surface area contributed by atoms with Crippen LogP contribution in [0.4, 0.5) is 5.82 Å². The van der Waals surface area contributed by atoms with E-state index in [2.05, 4.69) is 15.6 Å². The zero-order valence-electron chi connectivity index (χ0n) is 15.5. The highest BCUT2D eigenvalue weighted by Crippen LogP contribution is 2.30. The van der Waals surface area contributed by atoms with Crippen molar-refractivity contribution in [1.29, 1.82) is 0 Å². The Morgan fingerprint density at radius 2 is 1.85 bits per heavy atom. The molecule has 1 heterocycles. The zero-order valence-corrected chi connectivity index (χ0v) is 16.4. The standard InChI is InChI=1S/C19H25N3O3S/c1-5-24-15-10-9-14(12-17(15)25-6-2)13(3)21-19(26)22-18-16(23-4)8-7-11-20-18/h7-13H,5-6H2,1-4H3,(H2,20,21,22,26)/t13-/m0/s1. The largest absolute Gasteiger partial charge is 0.493 e. The lowest BCUT2D eigenvalue weighted by Crippen LogP contribution is -2.31. The first-order valence-electron chi connectivity index (χ1n) is 8.55. The predicted molar refractivity (Wildman–Crippen MR) is 107 cm³/mol. The van der Waals surface area contributed by atoms with Gasteiger partial charge in [-0.3, -0.25) is 0 Å². The normalized spacial score (nSPS) is 11.4. The molecule has 26 heavy (non-hydrogen) atoms. The monoisotopic (exact) mass is 375 g/mol. The molecule has 0 saturated heterocycles. The second-order valence-electron chi connectivity index (χ2n) is 5.45. The van der Waals surface area contributed by atoms with Gasteiger partial charge in [-0.15, -0.1) is 0 Å². The zero-order chi connectivity index (χ0) is 18.9. The van der Waals surface area contributed by atoms with Gasteiger partial charge < -0.3 is 24.8 Å². The third-order valence-corrected chi connectivity index (χ3v) is 3.86. The number of hydrogen-bond acceptors (Lipinski definition) is 5. The molecule has 2 rings (SSSR count). The maximum Gasteiger partial charge on any atom is 0.174 e. The first-order valence-corrected chi connectivity index (χ1v) is 8.95. The lowest BCUT2D eigenvalue weighted by Gasteiger charge is -2.19. The van der Waals surface area contributed by atoms with Crippen molar-refractivity contribution in [1.82, 2.24) is 10.3 Å². The van der Waals surface area contributed by atoms with Gasteiger partial charge >= 0.3 is 0 Å². The van der Waals surface area contributed by atoms with Crippen molar-refractivity contribution in [3.05, 3.63) is 42.1 Å². The molecular formula is C19H25N3O3S. The van der Waals surface area contributed by atoms with Gasteiger partial charge in [0, 0.05) is 6.20 Å². The van der Waals surface area contributed by atoms with Crippen molar-refractivity contribution in [2.75, 3.05) is 25.6 Å². The molecule has 1 aromatic carbocycles. The molecule has 1 aromatic heterocycles. The number of rotatable bonds is 8. The van der Waals surface area contributed by atoms with Crippen LogP contribution in [0.25, 0.3) is 0 Å². The van der Waals surface area contributed by atoms with E-state index < -0.39 is 0 Å². The Bertz CT molecular complexity index is 740. The highest BCUT2D eigenvalue weighted by Gasteiger charge is 2.13. The third kappa shape index (κ3) is 5.23. The lowest BCUT2D eigenvalue weighted by molar-refractivity contribution is 0.287. The van der Waals surface area contributed by atoms with Crippen LogP contribution in [-0.2, 0) is 0 Å². The number of hydrogen-bond donors (Lipinski definition) is 2. The Morgan fingerprint density at radius 1 is 1.12 bits per heavy atom. The number of thiocarbonyl (C=S) groups is 1. The van der Waals surface area contributed by atoms with Gasteiger partial charge in [-0.25, -0.2) is 4.98 Å². The van der Waals surface area contributed by atoms with E-state index in [1.165, 1.54) is 0 Å². The van der Waals surface area contributed by atoms with E-state index in [9.17, 15) is 0 Å². The van der Waals surface area contributed by atoms with Crippen molar-refractivity contribution in [2.24, 2.45) is 0 Å². The summed E-state index contributed by atoms with van der Waals surface area (Å²) in [4.78, 5) is 4.24. The Labute approximate surface area is 159 Å².